The lowest BCUT2D eigenvalue weighted by atomic mass is 9.59. The molecular weight excluding hydrogens is 427 g/mol. The number of carbonyl (C=O) groups is 2. The van der Waals surface area contributed by atoms with Crippen molar-refractivity contribution < 1.29 is 24.2 Å². The van der Waals surface area contributed by atoms with Crippen LogP contribution in [0.5, 0.6) is 5.75 Å². The van der Waals surface area contributed by atoms with Crippen LogP contribution in [0.3, 0.4) is 0 Å². The Morgan fingerprint density at radius 1 is 1.29 bits per heavy atom. The van der Waals surface area contributed by atoms with Gasteiger partial charge in [-0.2, -0.15) is 0 Å². The van der Waals surface area contributed by atoms with E-state index in [1.54, 1.807) is 6.92 Å². The molecule has 1 amide bonds. The van der Waals surface area contributed by atoms with Gasteiger partial charge in [0.2, 0.25) is 5.43 Å². The zero-order valence-corrected chi connectivity index (χ0v) is 17.6. The maximum atomic E-state index is 13.3. The molecule has 0 radical (unpaired) electrons. The summed E-state index contributed by atoms with van der Waals surface area (Å²) in [6, 6.07) is 3.96. The monoisotopic (exact) mass is 448 g/mol. The Balaban J connectivity index is 1.67. The largest absolute Gasteiger partial charge is 0.503 e. The van der Waals surface area contributed by atoms with Crippen LogP contribution in [0, 0.1) is 11.2 Å². The summed E-state index contributed by atoms with van der Waals surface area (Å²) < 4.78 is 14.6. The lowest BCUT2D eigenvalue weighted by molar-refractivity contribution is -0.104. The molecule has 164 valence electrons. The molecule has 2 aromatic rings. The minimum absolute atomic E-state index is 0.00768. The standard InChI is InChI=1S/C22H22ClFN2O5/c1-21-6-2-3-7-22(21,31)11-26-10-13(17(27)18(28)16(26)19(21)29)20(30)25-9-12-4-5-15(24)14(23)8-12/h4-5,8,10,28,31H,2-3,6-7,9,11H2,1H3,(H,25,30). The fourth-order valence-electron chi connectivity index (χ4n) is 4.63. The summed E-state index contributed by atoms with van der Waals surface area (Å²) in [7, 11) is 0. The number of fused-ring (bicyclic) bond motifs is 2. The van der Waals surface area contributed by atoms with E-state index in [2.05, 4.69) is 5.32 Å². The third kappa shape index (κ3) is 3.34. The van der Waals surface area contributed by atoms with Gasteiger partial charge >= 0.3 is 0 Å². The number of aliphatic hydroxyl groups is 1. The van der Waals surface area contributed by atoms with Crippen LogP contribution in [0.4, 0.5) is 4.39 Å². The van der Waals surface area contributed by atoms with Crippen molar-refractivity contribution in [3.8, 4) is 5.75 Å². The van der Waals surface area contributed by atoms with Crippen molar-refractivity contribution in [3.63, 3.8) is 0 Å². The number of ketones is 1. The molecule has 4 rings (SSSR count). The van der Waals surface area contributed by atoms with Gasteiger partial charge in [0.25, 0.3) is 5.91 Å². The van der Waals surface area contributed by atoms with Gasteiger partial charge in [-0.25, -0.2) is 4.39 Å². The smallest absolute Gasteiger partial charge is 0.257 e. The van der Waals surface area contributed by atoms with Crippen molar-refractivity contribution in [2.45, 2.75) is 51.3 Å². The normalized spacial score (nSPS) is 25.0. The Hall–Kier alpha value is -2.71. The third-order valence-electron chi connectivity index (χ3n) is 6.63. The number of pyridine rings is 1. The quantitative estimate of drug-likeness (QED) is 0.669. The molecule has 2 aliphatic rings. The lowest BCUT2D eigenvalue weighted by Gasteiger charge is -2.51. The Morgan fingerprint density at radius 3 is 2.71 bits per heavy atom. The number of hydrogen-bond donors (Lipinski definition) is 3. The molecule has 1 aliphatic carbocycles. The Morgan fingerprint density at radius 2 is 2.00 bits per heavy atom. The summed E-state index contributed by atoms with van der Waals surface area (Å²) in [6.45, 7) is 1.63. The van der Waals surface area contributed by atoms with E-state index >= 15 is 0 Å². The summed E-state index contributed by atoms with van der Waals surface area (Å²) in [6.07, 6.45) is 3.60. The number of halogens is 2. The van der Waals surface area contributed by atoms with Crippen LogP contribution in [0.15, 0.2) is 29.2 Å². The van der Waals surface area contributed by atoms with Crippen LogP contribution in [-0.4, -0.2) is 32.1 Å². The van der Waals surface area contributed by atoms with Crippen molar-refractivity contribution in [2.75, 3.05) is 0 Å². The number of Topliss-reactive ketones (excluding diaryl/α,β-unsaturated/α-hetero) is 1. The maximum Gasteiger partial charge on any atom is 0.257 e. The number of carbonyl (C=O) groups excluding carboxylic acids is 2. The molecule has 3 N–H and O–H groups in total. The molecule has 0 saturated heterocycles. The molecule has 1 fully saturated rings. The van der Waals surface area contributed by atoms with E-state index in [9.17, 15) is 29.0 Å². The van der Waals surface area contributed by atoms with Crippen molar-refractivity contribution in [1.29, 1.82) is 0 Å². The molecule has 2 unspecified atom stereocenters. The second-order valence-electron chi connectivity index (χ2n) is 8.53. The van der Waals surface area contributed by atoms with E-state index in [1.165, 1.54) is 22.9 Å². The first-order valence-corrected chi connectivity index (χ1v) is 10.4. The van der Waals surface area contributed by atoms with Crippen LogP contribution < -0.4 is 10.7 Å². The number of nitrogens with one attached hydrogen (secondary N) is 1. The van der Waals surface area contributed by atoms with Crippen molar-refractivity contribution in [1.82, 2.24) is 9.88 Å². The summed E-state index contributed by atoms with van der Waals surface area (Å²) >= 11 is 5.74. The molecule has 1 aromatic heterocycles. The molecule has 1 aromatic carbocycles. The van der Waals surface area contributed by atoms with E-state index in [4.69, 9.17) is 11.6 Å². The first-order chi connectivity index (χ1) is 14.6. The van der Waals surface area contributed by atoms with Crippen LogP contribution in [0.1, 0.15) is 59.0 Å². The minimum Gasteiger partial charge on any atom is -0.503 e. The molecule has 2 heterocycles. The third-order valence-corrected chi connectivity index (χ3v) is 6.92. The topological polar surface area (TPSA) is 109 Å². The van der Waals surface area contributed by atoms with Crippen LogP contribution >= 0.6 is 11.6 Å². The van der Waals surface area contributed by atoms with Crippen molar-refractivity contribution >= 4 is 23.3 Å². The highest BCUT2D eigenvalue weighted by Crippen LogP contribution is 2.50. The van der Waals surface area contributed by atoms with Crippen LogP contribution in [-0.2, 0) is 13.1 Å². The van der Waals surface area contributed by atoms with E-state index in [0.29, 0.717) is 18.4 Å². The van der Waals surface area contributed by atoms with Gasteiger partial charge < -0.3 is 20.1 Å². The number of rotatable bonds is 3. The molecule has 9 heteroatoms. The number of nitrogens with zero attached hydrogens (tertiary/aromatic N) is 1. The number of amides is 1. The van der Waals surface area contributed by atoms with Gasteiger partial charge in [0.05, 0.1) is 22.6 Å². The highest BCUT2D eigenvalue weighted by atomic mass is 35.5. The van der Waals surface area contributed by atoms with Gasteiger partial charge in [-0.1, -0.05) is 30.5 Å². The first-order valence-electron chi connectivity index (χ1n) is 10.0. The Bertz CT molecular complexity index is 1160. The van der Waals surface area contributed by atoms with E-state index in [-0.39, 0.29) is 29.4 Å². The number of hydrogen-bond acceptors (Lipinski definition) is 5. The van der Waals surface area contributed by atoms with Crippen molar-refractivity contribution in [2.24, 2.45) is 5.41 Å². The molecule has 1 aliphatic heterocycles. The highest BCUT2D eigenvalue weighted by Gasteiger charge is 2.57. The van der Waals surface area contributed by atoms with E-state index in [0.717, 1.165) is 18.9 Å². The molecule has 0 spiro atoms. The second-order valence-corrected chi connectivity index (χ2v) is 8.94. The summed E-state index contributed by atoms with van der Waals surface area (Å²) in [5, 5.41) is 24.2. The molecule has 7 nitrogen and oxygen atoms in total. The maximum absolute atomic E-state index is 13.3. The average Bonchev–Trinajstić information content (AvgIpc) is 2.72. The molecule has 2 atom stereocenters. The van der Waals surface area contributed by atoms with Gasteiger partial charge in [-0.15, -0.1) is 0 Å². The molecule has 1 saturated carbocycles. The highest BCUT2D eigenvalue weighted by molar-refractivity contribution is 6.30. The molecular formula is C22H22ClFN2O5. The fourth-order valence-corrected chi connectivity index (χ4v) is 4.83. The van der Waals surface area contributed by atoms with Gasteiger partial charge in [0.15, 0.2) is 11.5 Å². The average molecular weight is 449 g/mol. The Labute approximate surface area is 182 Å². The SMILES string of the molecule is CC12CCCCC1(O)Cn1cc(C(=O)NCc3ccc(F)c(Cl)c3)c(=O)c(O)c1C2=O. The van der Waals surface area contributed by atoms with Gasteiger partial charge in [-0.3, -0.25) is 14.4 Å². The lowest BCUT2D eigenvalue weighted by Crippen LogP contribution is -2.60. The Kier molecular flexibility index (Phi) is 5.18. The van der Waals surface area contributed by atoms with Crippen LogP contribution in [0.2, 0.25) is 5.02 Å². The van der Waals surface area contributed by atoms with Gasteiger partial charge in [0, 0.05) is 12.7 Å². The molecule has 0 bridgehead atoms. The summed E-state index contributed by atoms with van der Waals surface area (Å²) in [5.41, 5.74) is -3.40. The second kappa shape index (κ2) is 7.46. The number of benzene rings is 1. The van der Waals surface area contributed by atoms with Crippen LogP contribution in [0.25, 0.3) is 0 Å². The predicted molar refractivity (Wildman–Crippen MR) is 111 cm³/mol. The van der Waals surface area contributed by atoms with Gasteiger partial charge in [0.1, 0.15) is 17.1 Å². The van der Waals surface area contributed by atoms with Gasteiger partial charge in [-0.05, 0) is 37.5 Å². The minimum atomic E-state index is -1.32. The fraction of sp³-hybridized carbons (Fsp3) is 0.409. The summed E-state index contributed by atoms with van der Waals surface area (Å²) in [4.78, 5) is 38.5. The predicted octanol–water partition coefficient (Wildman–Crippen LogP) is 2.78. The zero-order valence-electron chi connectivity index (χ0n) is 16.9. The van der Waals surface area contributed by atoms with E-state index in [1.807, 2.05) is 0 Å². The first kappa shape index (κ1) is 21.5. The summed E-state index contributed by atoms with van der Waals surface area (Å²) in [5.74, 6) is -2.65. The number of aromatic nitrogens is 1. The van der Waals surface area contributed by atoms with E-state index < -0.39 is 39.7 Å². The zero-order chi connectivity index (χ0) is 22.6. The number of aromatic hydroxyl groups is 1. The van der Waals surface area contributed by atoms with Crippen molar-refractivity contribution in [3.05, 3.63) is 62.3 Å². The molecule has 31 heavy (non-hydrogen) atoms.